The third kappa shape index (κ3) is 3.83. The van der Waals surface area contributed by atoms with Crippen LogP contribution in [0.3, 0.4) is 0 Å². The zero-order chi connectivity index (χ0) is 23.6. The highest BCUT2D eigenvalue weighted by atomic mass is 32.2. The molecule has 0 radical (unpaired) electrons. The van der Waals surface area contributed by atoms with Gasteiger partial charge in [-0.15, -0.1) is 11.8 Å². The van der Waals surface area contributed by atoms with Gasteiger partial charge in [0.25, 0.3) is 0 Å². The van der Waals surface area contributed by atoms with Crippen LogP contribution in [0, 0.1) is 5.92 Å². The van der Waals surface area contributed by atoms with Gasteiger partial charge >= 0.3 is 6.09 Å². The van der Waals surface area contributed by atoms with E-state index >= 15 is 0 Å². The quantitative estimate of drug-likeness (QED) is 0.454. The van der Waals surface area contributed by atoms with E-state index in [1.807, 2.05) is 104 Å². The third-order valence-electron chi connectivity index (χ3n) is 6.69. The van der Waals surface area contributed by atoms with Crippen LogP contribution in [0.2, 0.25) is 0 Å². The molecule has 1 aliphatic heterocycles. The first kappa shape index (κ1) is 23.4. The third-order valence-corrected chi connectivity index (χ3v) is 7.94. The van der Waals surface area contributed by atoms with Crippen LogP contribution in [0.15, 0.2) is 91.0 Å². The summed E-state index contributed by atoms with van der Waals surface area (Å²) in [6.45, 7) is 6.14. The molecule has 4 nitrogen and oxygen atoms in total. The molecule has 0 bridgehead atoms. The van der Waals surface area contributed by atoms with E-state index in [0.29, 0.717) is 0 Å². The summed E-state index contributed by atoms with van der Waals surface area (Å²) in [5.41, 5.74) is 1.61. The summed E-state index contributed by atoms with van der Waals surface area (Å²) < 4.78 is 6.40. The molecule has 4 rings (SSSR count). The minimum atomic E-state index is -0.999. The van der Waals surface area contributed by atoms with E-state index in [2.05, 4.69) is 13.8 Å². The van der Waals surface area contributed by atoms with Crippen LogP contribution >= 0.6 is 11.8 Å². The summed E-state index contributed by atoms with van der Waals surface area (Å²) >= 11 is 1.46. The Morgan fingerprint density at radius 3 is 1.79 bits per heavy atom. The lowest BCUT2D eigenvalue weighted by molar-refractivity contribution is 0.0211. The van der Waals surface area contributed by atoms with Crippen molar-refractivity contribution in [2.45, 2.75) is 43.4 Å². The molecule has 1 aliphatic rings. The monoisotopic (exact) mass is 461 g/mol. The summed E-state index contributed by atoms with van der Waals surface area (Å²) in [6.07, 6.45) is 0.611. The molecule has 0 saturated carbocycles. The van der Waals surface area contributed by atoms with Gasteiger partial charge in [-0.3, -0.25) is 4.90 Å². The number of nitrogens with zero attached hydrogens (tertiary/aromatic N) is 1. The summed E-state index contributed by atoms with van der Waals surface area (Å²) in [6, 6.07) is 29.1. The maximum Gasteiger partial charge on any atom is 0.412 e. The van der Waals surface area contributed by atoms with Crippen LogP contribution < -0.4 is 0 Å². The normalized spacial score (nSPS) is 20.4. The molecule has 1 fully saturated rings. The molecule has 2 unspecified atom stereocenters. The van der Waals surface area contributed by atoms with Crippen molar-refractivity contribution in [2.75, 3.05) is 6.26 Å². The molecule has 5 heteroatoms. The Morgan fingerprint density at radius 1 is 0.909 bits per heavy atom. The van der Waals surface area contributed by atoms with Gasteiger partial charge in [0.15, 0.2) is 5.60 Å². The maximum atomic E-state index is 13.8. The zero-order valence-corrected chi connectivity index (χ0v) is 20.3. The van der Waals surface area contributed by atoms with E-state index in [1.54, 1.807) is 4.90 Å². The Balaban J connectivity index is 1.93. The van der Waals surface area contributed by atoms with Gasteiger partial charge < -0.3 is 9.84 Å². The molecule has 33 heavy (non-hydrogen) atoms. The van der Waals surface area contributed by atoms with Gasteiger partial charge in [0.2, 0.25) is 0 Å². The molecule has 1 saturated heterocycles. The van der Waals surface area contributed by atoms with E-state index in [1.165, 1.54) is 11.8 Å². The van der Waals surface area contributed by atoms with Crippen LogP contribution in [0.25, 0.3) is 0 Å². The molecule has 3 atom stereocenters. The highest BCUT2D eigenvalue weighted by Gasteiger charge is 2.62. The Morgan fingerprint density at radius 2 is 1.36 bits per heavy atom. The fraction of sp³-hybridized carbons (Fsp3) is 0.321. The number of hydrogen-bond acceptors (Lipinski definition) is 4. The van der Waals surface area contributed by atoms with Crippen LogP contribution in [-0.4, -0.2) is 33.3 Å². The fourth-order valence-corrected chi connectivity index (χ4v) is 5.80. The van der Waals surface area contributed by atoms with Crippen molar-refractivity contribution in [1.82, 2.24) is 4.90 Å². The number of cyclic esters (lactones) is 1. The SMILES string of the molecule is CSC(C)(C(O)c1ccccc1)N1C(=O)OC(c2ccccc2)(c2ccccc2)[C@@H]1C(C)C. The summed E-state index contributed by atoms with van der Waals surface area (Å²) in [4.78, 5) is 14.6. The number of amides is 1. The maximum absolute atomic E-state index is 13.8. The van der Waals surface area contributed by atoms with Gasteiger partial charge in [-0.1, -0.05) is 105 Å². The second kappa shape index (κ2) is 9.24. The van der Waals surface area contributed by atoms with Gasteiger partial charge in [-0.25, -0.2) is 4.79 Å². The molecule has 1 amide bonds. The van der Waals surface area contributed by atoms with E-state index in [9.17, 15) is 9.90 Å². The molecule has 0 spiro atoms. The topological polar surface area (TPSA) is 49.8 Å². The van der Waals surface area contributed by atoms with Gasteiger partial charge in [0.05, 0.1) is 6.04 Å². The number of rotatable bonds is 7. The Hall–Kier alpha value is -2.76. The van der Waals surface area contributed by atoms with Gasteiger partial charge in [-0.05, 0) is 24.7 Å². The van der Waals surface area contributed by atoms with Crippen molar-refractivity contribution in [3.05, 3.63) is 108 Å². The minimum Gasteiger partial charge on any atom is -0.431 e. The molecule has 3 aromatic carbocycles. The van der Waals surface area contributed by atoms with Crippen molar-refractivity contribution in [2.24, 2.45) is 5.92 Å². The standard InChI is InChI=1S/C28H31NO3S/c1-20(2)24-28(22-16-10-6-11-17-22,23-18-12-7-13-19-23)32-26(31)29(24)27(3,33-4)25(30)21-14-8-5-9-15-21/h5-20,24-25,30H,1-4H3/t24-,25?,27?/m0/s1. The first-order chi connectivity index (χ1) is 15.9. The molecular formula is C28H31NO3S. The van der Waals surface area contributed by atoms with E-state index in [4.69, 9.17) is 4.74 Å². The number of hydrogen-bond donors (Lipinski definition) is 1. The Labute approximate surface area is 200 Å². The fourth-order valence-electron chi connectivity index (χ4n) is 5.05. The van der Waals surface area contributed by atoms with Crippen LogP contribution in [-0.2, 0) is 10.3 Å². The predicted molar refractivity (Wildman–Crippen MR) is 134 cm³/mol. The number of carbonyl (C=O) groups is 1. The second-order valence-corrected chi connectivity index (χ2v) is 10.2. The molecule has 0 aromatic heterocycles. The highest BCUT2D eigenvalue weighted by Crippen LogP contribution is 2.53. The molecule has 172 valence electrons. The van der Waals surface area contributed by atoms with Crippen molar-refractivity contribution in [3.8, 4) is 0 Å². The van der Waals surface area contributed by atoms with Gasteiger partial charge in [0, 0.05) is 11.1 Å². The van der Waals surface area contributed by atoms with Crippen LogP contribution in [0.4, 0.5) is 4.79 Å². The molecule has 1 N–H and O–H groups in total. The number of aliphatic hydroxyl groups excluding tert-OH is 1. The van der Waals surface area contributed by atoms with Gasteiger partial charge in [-0.2, -0.15) is 0 Å². The lowest BCUT2D eigenvalue weighted by Crippen LogP contribution is -2.57. The lowest BCUT2D eigenvalue weighted by Gasteiger charge is -2.46. The van der Waals surface area contributed by atoms with Crippen molar-refractivity contribution >= 4 is 17.9 Å². The number of aliphatic hydroxyl groups is 1. The number of ether oxygens (including phenoxy) is 1. The predicted octanol–water partition coefficient (Wildman–Crippen LogP) is 6.22. The van der Waals surface area contributed by atoms with Crippen molar-refractivity contribution in [3.63, 3.8) is 0 Å². The smallest absolute Gasteiger partial charge is 0.412 e. The zero-order valence-electron chi connectivity index (χ0n) is 19.5. The molecule has 3 aromatic rings. The summed E-state index contributed by atoms with van der Waals surface area (Å²) in [7, 11) is 0. The van der Waals surface area contributed by atoms with E-state index in [-0.39, 0.29) is 12.0 Å². The van der Waals surface area contributed by atoms with Crippen LogP contribution in [0.1, 0.15) is 43.6 Å². The average Bonchev–Trinajstić information content (AvgIpc) is 3.19. The molecule has 0 aliphatic carbocycles. The minimum absolute atomic E-state index is 0.0475. The van der Waals surface area contributed by atoms with E-state index < -0.39 is 22.7 Å². The second-order valence-electron chi connectivity index (χ2n) is 8.97. The Kier molecular flexibility index (Phi) is 6.55. The largest absolute Gasteiger partial charge is 0.431 e. The first-order valence-corrected chi connectivity index (χ1v) is 12.5. The lowest BCUT2D eigenvalue weighted by atomic mass is 9.75. The first-order valence-electron chi connectivity index (χ1n) is 11.3. The number of thioether (sulfide) groups is 1. The van der Waals surface area contributed by atoms with Crippen molar-refractivity contribution in [1.29, 1.82) is 0 Å². The average molecular weight is 462 g/mol. The number of carbonyl (C=O) groups excluding carboxylic acids is 1. The van der Waals surface area contributed by atoms with Crippen LogP contribution in [0.5, 0.6) is 0 Å². The number of benzene rings is 3. The van der Waals surface area contributed by atoms with Gasteiger partial charge in [0.1, 0.15) is 11.0 Å². The highest BCUT2D eigenvalue weighted by molar-refractivity contribution is 7.99. The Bertz CT molecular complexity index is 1030. The summed E-state index contributed by atoms with van der Waals surface area (Å²) in [5, 5.41) is 11.6. The van der Waals surface area contributed by atoms with Crippen molar-refractivity contribution < 1.29 is 14.6 Å². The van der Waals surface area contributed by atoms with E-state index in [0.717, 1.165) is 16.7 Å². The summed E-state index contributed by atoms with van der Waals surface area (Å²) in [5.74, 6) is 0.0475. The molecule has 1 heterocycles. The molecular weight excluding hydrogens is 430 g/mol.